The molecule has 0 aliphatic carbocycles. The molecule has 1 heterocycles. The average Bonchev–Trinajstić information content (AvgIpc) is 2.93. The summed E-state index contributed by atoms with van der Waals surface area (Å²) in [7, 11) is 0. The van der Waals surface area contributed by atoms with E-state index in [1.54, 1.807) is 6.08 Å². The standard InChI is InChI=1S/C30H34O6/c1-2-18-33-30-29(35-21-25-16-10-5-11-17-25)28(34-20-24-14-8-4-9-15-24)27(31)26(36-30)22-32-19-23-12-6-3-7-13-23/h2-17,26-31H,1,18-22H2/t26-,27-,28+,29-,30-/m1/s1. The number of aliphatic hydroxyl groups is 1. The van der Waals surface area contributed by atoms with E-state index in [0.29, 0.717) is 19.8 Å². The van der Waals surface area contributed by atoms with Crippen LogP contribution in [0.1, 0.15) is 16.7 Å². The van der Waals surface area contributed by atoms with Crippen molar-refractivity contribution < 1.29 is 28.8 Å². The van der Waals surface area contributed by atoms with Crippen LogP contribution in [0.4, 0.5) is 0 Å². The van der Waals surface area contributed by atoms with Crippen molar-refractivity contribution in [3.05, 3.63) is 120 Å². The Bertz CT molecular complexity index is 1010. The van der Waals surface area contributed by atoms with Gasteiger partial charge in [0, 0.05) is 0 Å². The largest absolute Gasteiger partial charge is 0.387 e. The molecule has 0 unspecified atom stereocenters. The molecule has 0 amide bonds. The highest BCUT2D eigenvalue weighted by Gasteiger charge is 2.47. The first-order valence-electron chi connectivity index (χ1n) is 12.2. The van der Waals surface area contributed by atoms with Crippen LogP contribution >= 0.6 is 0 Å². The molecule has 5 atom stereocenters. The monoisotopic (exact) mass is 490 g/mol. The number of rotatable bonds is 13. The molecular weight excluding hydrogens is 456 g/mol. The zero-order valence-corrected chi connectivity index (χ0v) is 20.4. The Kier molecular flexibility index (Phi) is 10.2. The van der Waals surface area contributed by atoms with Crippen LogP contribution in [0, 0.1) is 0 Å². The Morgan fingerprint density at radius 1 is 0.694 bits per heavy atom. The van der Waals surface area contributed by atoms with Crippen LogP contribution in [-0.4, -0.2) is 49.0 Å². The lowest BCUT2D eigenvalue weighted by atomic mass is 9.98. The van der Waals surface area contributed by atoms with E-state index in [9.17, 15) is 5.11 Å². The minimum atomic E-state index is -0.978. The van der Waals surface area contributed by atoms with Gasteiger partial charge in [-0.05, 0) is 16.7 Å². The number of aliphatic hydroxyl groups excluding tert-OH is 1. The maximum absolute atomic E-state index is 11.3. The zero-order chi connectivity index (χ0) is 25.0. The number of ether oxygens (including phenoxy) is 5. The summed E-state index contributed by atoms with van der Waals surface area (Å²) in [6.07, 6.45) is -2.09. The van der Waals surface area contributed by atoms with E-state index in [-0.39, 0.29) is 13.2 Å². The molecule has 0 aromatic heterocycles. The predicted molar refractivity (Wildman–Crippen MR) is 137 cm³/mol. The van der Waals surface area contributed by atoms with Crippen LogP contribution in [0.15, 0.2) is 104 Å². The third-order valence-electron chi connectivity index (χ3n) is 5.96. The lowest BCUT2D eigenvalue weighted by Crippen LogP contribution is -2.61. The molecule has 1 fully saturated rings. The Morgan fingerprint density at radius 3 is 1.72 bits per heavy atom. The van der Waals surface area contributed by atoms with Crippen molar-refractivity contribution in [3.8, 4) is 0 Å². The third-order valence-corrected chi connectivity index (χ3v) is 5.96. The summed E-state index contributed by atoms with van der Waals surface area (Å²) in [6.45, 7) is 5.26. The van der Waals surface area contributed by atoms with E-state index in [1.165, 1.54) is 0 Å². The van der Waals surface area contributed by atoms with E-state index >= 15 is 0 Å². The van der Waals surface area contributed by atoms with Crippen molar-refractivity contribution in [2.45, 2.75) is 50.5 Å². The molecule has 0 spiro atoms. The maximum Gasteiger partial charge on any atom is 0.187 e. The second-order valence-corrected chi connectivity index (χ2v) is 8.68. The highest BCUT2D eigenvalue weighted by Crippen LogP contribution is 2.29. The van der Waals surface area contributed by atoms with Gasteiger partial charge in [-0.2, -0.15) is 0 Å². The molecule has 6 heteroatoms. The van der Waals surface area contributed by atoms with Crippen LogP contribution in [0.25, 0.3) is 0 Å². The van der Waals surface area contributed by atoms with E-state index in [0.717, 1.165) is 16.7 Å². The first-order valence-corrected chi connectivity index (χ1v) is 12.2. The molecule has 1 aliphatic rings. The Hall–Kier alpha value is -2.84. The van der Waals surface area contributed by atoms with Crippen molar-refractivity contribution in [1.82, 2.24) is 0 Å². The molecule has 36 heavy (non-hydrogen) atoms. The fourth-order valence-electron chi connectivity index (χ4n) is 4.09. The first kappa shape index (κ1) is 26.2. The van der Waals surface area contributed by atoms with Gasteiger partial charge in [0.25, 0.3) is 0 Å². The topological polar surface area (TPSA) is 66.4 Å². The van der Waals surface area contributed by atoms with Gasteiger partial charge in [0.1, 0.15) is 24.4 Å². The average molecular weight is 491 g/mol. The summed E-state index contributed by atoms with van der Waals surface area (Å²) >= 11 is 0. The smallest absolute Gasteiger partial charge is 0.187 e. The fraction of sp³-hybridized carbons (Fsp3) is 0.333. The molecule has 1 aliphatic heterocycles. The molecular formula is C30H34O6. The van der Waals surface area contributed by atoms with Crippen molar-refractivity contribution in [2.24, 2.45) is 0 Å². The lowest BCUT2D eigenvalue weighted by molar-refractivity contribution is -0.319. The van der Waals surface area contributed by atoms with Gasteiger partial charge < -0.3 is 28.8 Å². The van der Waals surface area contributed by atoms with Crippen LogP contribution in [0.5, 0.6) is 0 Å². The SMILES string of the molecule is C=CCO[C@@H]1O[C@H](COCc2ccccc2)[C@@H](O)[C@H](OCc2ccccc2)[C@H]1OCc1ccccc1. The van der Waals surface area contributed by atoms with E-state index in [4.69, 9.17) is 23.7 Å². The Morgan fingerprint density at radius 2 is 1.19 bits per heavy atom. The molecule has 0 saturated carbocycles. The normalized spacial score (nSPS) is 23.9. The van der Waals surface area contributed by atoms with Gasteiger partial charge in [-0.3, -0.25) is 0 Å². The van der Waals surface area contributed by atoms with Gasteiger partial charge in [0.15, 0.2) is 6.29 Å². The fourth-order valence-corrected chi connectivity index (χ4v) is 4.09. The maximum atomic E-state index is 11.3. The molecule has 1 N–H and O–H groups in total. The first-order chi connectivity index (χ1) is 17.7. The predicted octanol–water partition coefficient (Wildman–Crippen LogP) is 4.66. The minimum absolute atomic E-state index is 0.181. The van der Waals surface area contributed by atoms with Crippen molar-refractivity contribution >= 4 is 0 Å². The highest BCUT2D eigenvalue weighted by atomic mass is 16.7. The minimum Gasteiger partial charge on any atom is -0.387 e. The number of hydrogen-bond acceptors (Lipinski definition) is 6. The second kappa shape index (κ2) is 14.0. The van der Waals surface area contributed by atoms with Crippen LogP contribution < -0.4 is 0 Å². The molecule has 0 radical (unpaired) electrons. The van der Waals surface area contributed by atoms with Crippen LogP contribution in [-0.2, 0) is 43.5 Å². The van der Waals surface area contributed by atoms with Gasteiger partial charge in [-0.1, -0.05) is 97.1 Å². The number of benzene rings is 3. The molecule has 1 saturated heterocycles. The van der Waals surface area contributed by atoms with Crippen molar-refractivity contribution in [3.63, 3.8) is 0 Å². The molecule has 190 valence electrons. The van der Waals surface area contributed by atoms with Gasteiger partial charge in [-0.25, -0.2) is 0 Å². The summed E-state index contributed by atoms with van der Waals surface area (Å²) in [5.74, 6) is 0. The van der Waals surface area contributed by atoms with Crippen LogP contribution in [0.2, 0.25) is 0 Å². The lowest BCUT2D eigenvalue weighted by Gasteiger charge is -2.44. The van der Waals surface area contributed by atoms with Crippen molar-refractivity contribution in [2.75, 3.05) is 13.2 Å². The summed E-state index contributed by atoms with van der Waals surface area (Å²) in [5, 5.41) is 11.3. The molecule has 4 rings (SSSR count). The second-order valence-electron chi connectivity index (χ2n) is 8.68. The van der Waals surface area contributed by atoms with Gasteiger partial charge >= 0.3 is 0 Å². The van der Waals surface area contributed by atoms with E-state index in [1.807, 2.05) is 91.0 Å². The van der Waals surface area contributed by atoms with Crippen molar-refractivity contribution in [1.29, 1.82) is 0 Å². The quantitative estimate of drug-likeness (QED) is 0.352. The third kappa shape index (κ3) is 7.58. The molecule has 3 aromatic rings. The molecule has 3 aromatic carbocycles. The summed E-state index contributed by atoms with van der Waals surface area (Å²) in [6, 6.07) is 29.6. The Labute approximate surface area is 213 Å². The summed E-state index contributed by atoms with van der Waals surface area (Å²) < 4.78 is 30.6. The Balaban J connectivity index is 1.48. The van der Waals surface area contributed by atoms with E-state index in [2.05, 4.69) is 6.58 Å². The highest BCUT2D eigenvalue weighted by molar-refractivity contribution is 5.15. The molecule has 6 nitrogen and oxygen atoms in total. The molecule has 0 bridgehead atoms. The zero-order valence-electron chi connectivity index (χ0n) is 20.4. The van der Waals surface area contributed by atoms with E-state index < -0.39 is 30.7 Å². The number of hydrogen-bond donors (Lipinski definition) is 1. The van der Waals surface area contributed by atoms with Gasteiger partial charge in [0.05, 0.1) is 33.0 Å². The van der Waals surface area contributed by atoms with Gasteiger partial charge in [-0.15, -0.1) is 6.58 Å². The van der Waals surface area contributed by atoms with Crippen LogP contribution in [0.3, 0.4) is 0 Å². The summed E-state index contributed by atoms with van der Waals surface area (Å²) in [4.78, 5) is 0. The van der Waals surface area contributed by atoms with Gasteiger partial charge in [0.2, 0.25) is 0 Å². The summed E-state index contributed by atoms with van der Waals surface area (Å²) in [5.41, 5.74) is 3.05.